The highest BCUT2D eigenvalue weighted by Gasteiger charge is 2.10. The topological polar surface area (TPSA) is 86.4 Å². The van der Waals surface area contributed by atoms with Gasteiger partial charge in [0.1, 0.15) is 6.61 Å². The van der Waals surface area contributed by atoms with Crippen LogP contribution in [0.1, 0.15) is 11.4 Å². The number of hydrogen-bond donors (Lipinski definition) is 1. The summed E-state index contributed by atoms with van der Waals surface area (Å²) in [6.07, 6.45) is 2.61. The summed E-state index contributed by atoms with van der Waals surface area (Å²) in [6, 6.07) is 5.74. The van der Waals surface area contributed by atoms with E-state index in [2.05, 4.69) is 21.5 Å². The van der Waals surface area contributed by atoms with Crippen LogP contribution in [-0.4, -0.2) is 36.2 Å². The molecule has 0 amide bonds. The molecule has 1 aromatic carbocycles. The van der Waals surface area contributed by atoms with E-state index < -0.39 is 0 Å². The third-order valence-corrected chi connectivity index (χ3v) is 3.05. The zero-order valence-corrected chi connectivity index (χ0v) is 13.6. The first kappa shape index (κ1) is 16.5. The summed E-state index contributed by atoms with van der Waals surface area (Å²) < 4.78 is 11.1. The van der Waals surface area contributed by atoms with Gasteiger partial charge in [-0.25, -0.2) is 0 Å². The SMILES string of the molecule is C=CCc1ccc(OCc2nc(N)nc(N(C)C)n2)c(OC)c1. The minimum absolute atomic E-state index is 0.163. The minimum atomic E-state index is 0.163. The van der Waals surface area contributed by atoms with Crippen molar-refractivity contribution in [3.63, 3.8) is 0 Å². The van der Waals surface area contributed by atoms with Crippen molar-refractivity contribution in [1.82, 2.24) is 15.0 Å². The van der Waals surface area contributed by atoms with Gasteiger partial charge in [0.25, 0.3) is 0 Å². The van der Waals surface area contributed by atoms with Crippen LogP contribution in [0.4, 0.5) is 11.9 Å². The molecule has 0 unspecified atom stereocenters. The summed E-state index contributed by atoms with van der Waals surface area (Å²) in [5, 5.41) is 0. The lowest BCUT2D eigenvalue weighted by Crippen LogP contribution is -2.17. The zero-order chi connectivity index (χ0) is 16.8. The van der Waals surface area contributed by atoms with Crippen LogP contribution in [0.5, 0.6) is 11.5 Å². The number of nitrogens with two attached hydrogens (primary N) is 1. The van der Waals surface area contributed by atoms with Gasteiger partial charge in [0, 0.05) is 14.1 Å². The van der Waals surface area contributed by atoms with Crippen LogP contribution in [-0.2, 0) is 13.0 Å². The van der Waals surface area contributed by atoms with Gasteiger partial charge in [-0.2, -0.15) is 15.0 Å². The molecule has 7 nitrogen and oxygen atoms in total. The lowest BCUT2D eigenvalue weighted by molar-refractivity contribution is 0.276. The third kappa shape index (κ3) is 4.32. The van der Waals surface area contributed by atoms with Gasteiger partial charge in [-0.15, -0.1) is 6.58 Å². The summed E-state index contributed by atoms with van der Waals surface area (Å²) >= 11 is 0. The van der Waals surface area contributed by atoms with Crippen LogP contribution in [0, 0.1) is 0 Å². The molecule has 0 aliphatic rings. The predicted octanol–water partition coefficient (Wildman–Crippen LogP) is 1.84. The molecule has 2 rings (SSSR count). The van der Waals surface area contributed by atoms with Gasteiger partial charge in [-0.05, 0) is 24.1 Å². The zero-order valence-electron chi connectivity index (χ0n) is 13.6. The number of anilines is 2. The average Bonchev–Trinajstić information content (AvgIpc) is 2.53. The Morgan fingerprint density at radius 2 is 2.00 bits per heavy atom. The van der Waals surface area contributed by atoms with E-state index in [1.165, 1.54) is 0 Å². The molecule has 0 bridgehead atoms. The van der Waals surface area contributed by atoms with Gasteiger partial charge in [0.2, 0.25) is 11.9 Å². The number of hydrogen-bond acceptors (Lipinski definition) is 7. The standard InChI is InChI=1S/C16H21N5O2/c1-5-6-11-7-8-12(13(9-11)22-4)23-10-14-18-15(17)20-16(19-14)21(2)3/h5,7-9H,1,6,10H2,2-4H3,(H2,17,18,19,20). The quantitative estimate of drug-likeness (QED) is 0.780. The summed E-state index contributed by atoms with van der Waals surface area (Å²) in [4.78, 5) is 14.2. The molecule has 0 spiro atoms. The molecular formula is C16H21N5O2. The summed E-state index contributed by atoms with van der Waals surface area (Å²) in [6.45, 7) is 3.90. The number of ether oxygens (including phenoxy) is 2. The van der Waals surface area contributed by atoms with Gasteiger partial charge in [0.15, 0.2) is 17.3 Å². The van der Waals surface area contributed by atoms with Crippen molar-refractivity contribution in [1.29, 1.82) is 0 Å². The molecule has 1 aromatic heterocycles. The second kappa shape index (κ2) is 7.44. The monoisotopic (exact) mass is 315 g/mol. The van der Waals surface area contributed by atoms with E-state index >= 15 is 0 Å². The van der Waals surface area contributed by atoms with Crippen LogP contribution >= 0.6 is 0 Å². The predicted molar refractivity (Wildman–Crippen MR) is 89.8 cm³/mol. The fourth-order valence-corrected chi connectivity index (χ4v) is 1.96. The Hall–Kier alpha value is -2.83. The number of rotatable bonds is 7. The summed E-state index contributed by atoms with van der Waals surface area (Å²) in [5.74, 6) is 2.38. The molecule has 2 aromatic rings. The van der Waals surface area contributed by atoms with E-state index in [1.54, 1.807) is 12.0 Å². The highest BCUT2D eigenvalue weighted by Crippen LogP contribution is 2.29. The first-order valence-corrected chi connectivity index (χ1v) is 7.12. The molecule has 0 aliphatic heterocycles. The number of methoxy groups -OCH3 is 1. The molecule has 122 valence electrons. The maximum Gasteiger partial charge on any atom is 0.230 e. The molecule has 0 saturated heterocycles. The second-order valence-electron chi connectivity index (χ2n) is 5.07. The largest absolute Gasteiger partial charge is 0.493 e. The van der Waals surface area contributed by atoms with Gasteiger partial charge >= 0.3 is 0 Å². The number of allylic oxidation sites excluding steroid dienone is 1. The van der Waals surface area contributed by atoms with Crippen molar-refractivity contribution in [3.8, 4) is 11.5 Å². The number of nitrogen functional groups attached to an aromatic ring is 1. The van der Waals surface area contributed by atoms with E-state index in [9.17, 15) is 0 Å². The Balaban J connectivity index is 2.16. The Bertz CT molecular complexity index is 688. The molecule has 1 heterocycles. The normalized spacial score (nSPS) is 10.2. The molecule has 7 heteroatoms. The van der Waals surface area contributed by atoms with Gasteiger partial charge in [0.05, 0.1) is 7.11 Å². The fraction of sp³-hybridized carbons (Fsp3) is 0.312. The van der Waals surface area contributed by atoms with Crippen molar-refractivity contribution in [2.24, 2.45) is 0 Å². The maximum atomic E-state index is 5.76. The second-order valence-corrected chi connectivity index (χ2v) is 5.07. The molecule has 0 aliphatic carbocycles. The van der Waals surface area contributed by atoms with Crippen LogP contribution < -0.4 is 20.1 Å². The first-order valence-electron chi connectivity index (χ1n) is 7.12. The highest BCUT2D eigenvalue weighted by atomic mass is 16.5. The highest BCUT2D eigenvalue weighted by molar-refractivity contribution is 5.43. The van der Waals surface area contributed by atoms with Crippen molar-refractivity contribution in [2.45, 2.75) is 13.0 Å². The van der Waals surface area contributed by atoms with E-state index in [0.717, 1.165) is 12.0 Å². The van der Waals surface area contributed by atoms with Crippen molar-refractivity contribution in [2.75, 3.05) is 31.8 Å². The molecular weight excluding hydrogens is 294 g/mol. The average molecular weight is 315 g/mol. The Labute approximate surface area is 135 Å². The van der Waals surface area contributed by atoms with Crippen molar-refractivity contribution >= 4 is 11.9 Å². The van der Waals surface area contributed by atoms with Crippen LogP contribution in [0.2, 0.25) is 0 Å². The lowest BCUT2D eigenvalue weighted by atomic mass is 10.1. The fourth-order valence-electron chi connectivity index (χ4n) is 1.96. The number of aromatic nitrogens is 3. The lowest BCUT2D eigenvalue weighted by Gasteiger charge is -2.13. The summed E-state index contributed by atoms with van der Waals surface area (Å²) in [7, 11) is 5.27. The molecule has 0 fully saturated rings. The van der Waals surface area contributed by atoms with Gasteiger partial charge < -0.3 is 20.1 Å². The van der Waals surface area contributed by atoms with Crippen LogP contribution in [0.25, 0.3) is 0 Å². The molecule has 0 radical (unpaired) electrons. The Morgan fingerprint density at radius 3 is 2.65 bits per heavy atom. The Kier molecular flexibility index (Phi) is 5.35. The van der Waals surface area contributed by atoms with Crippen molar-refractivity contribution < 1.29 is 9.47 Å². The minimum Gasteiger partial charge on any atom is -0.493 e. The van der Waals surface area contributed by atoms with Crippen LogP contribution in [0.3, 0.4) is 0 Å². The third-order valence-electron chi connectivity index (χ3n) is 3.05. The molecule has 0 saturated carbocycles. The van der Waals surface area contributed by atoms with Gasteiger partial charge in [-0.1, -0.05) is 12.1 Å². The smallest absolute Gasteiger partial charge is 0.230 e. The molecule has 2 N–H and O–H groups in total. The van der Waals surface area contributed by atoms with E-state index in [-0.39, 0.29) is 12.6 Å². The van der Waals surface area contributed by atoms with E-state index in [4.69, 9.17) is 15.2 Å². The number of nitrogens with zero attached hydrogens (tertiary/aromatic N) is 4. The molecule has 0 atom stereocenters. The number of benzene rings is 1. The Morgan fingerprint density at radius 1 is 1.22 bits per heavy atom. The van der Waals surface area contributed by atoms with E-state index in [1.807, 2.05) is 38.4 Å². The van der Waals surface area contributed by atoms with E-state index in [0.29, 0.717) is 23.3 Å². The maximum absolute atomic E-state index is 5.76. The van der Waals surface area contributed by atoms with Crippen molar-refractivity contribution in [3.05, 3.63) is 42.2 Å². The first-order chi connectivity index (χ1) is 11.0. The summed E-state index contributed by atoms with van der Waals surface area (Å²) in [5.41, 5.74) is 6.80. The molecule has 23 heavy (non-hydrogen) atoms. The van der Waals surface area contributed by atoms with Crippen LogP contribution in [0.15, 0.2) is 30.9 Å². The van der Waals surface area contributed by atoms with Gasteiger partial charge in [-0.3, -0.25) is 0 Å².